The van der Waals surface area contributed by atoms with Crippen molar-refractivity contribution >= 4 is 27.8 Å². The molecule has 1 aliphatic heterocycles. The third kappa shape index (κ3) is 3.53. The lowest BCUT2D eigenvalue weighted by Crippen LogP contribution is -2.16. The van der Waals surface area contributed by atoms with E-state index in [4.69, 9.17) is 9.47 Å². The molecule has 0 fully saturated rings. The van der Waals surface area contributed by atoms with Gasteiger partial charge in [-0.3, -0.25) is 5.43 Å². The summed E-state index contributed by atoms with van der Waals surface area (Å²) in [6, 6.07) is 2.96. The van der Waals surface area contributed by atoms with Gasteiger partial charge in [0.1, 0.15) is 11.3 Å². The van der Waals surface area contributed by atoms with Crippen LogP contribution in [0.15, 0.2) is 21.7 Å². The summed E-state index contributed by atoms with van der Waals surface area (Å²) in [5.74, 6) is -8.91. The van der Waals surface area contributed by atoms with Crippen LogP contribution in [-0.4, -0.2) is 13.0 Å². The number of nitrogens with zero attached hydrogens (tertiary/aromatic N) is 1. The molecule has 1 heterocycles. The van der Waals surface area contributed by atoms with E-state index in [1.54, 1.807) is 5.43 Å². The molecule has 1 aliphatic rings. The van der Waals surface area contributed by atoms with E-state index in [1.807, 2.05) is 0 Å². The molecule has 0 bridgehead atoms. The van der Waals surface area contributed by atoms with Crippen LogP contribution in [0, 0.1) is 23.3 Å². The second-order valence-electron chi connectivity index (χ2n) is 5.10. The van der Waals surface area contributed by atoms with Crippen molar-refractivity contribution in [1.29, 1.82) is 0 Å². The number of hydrazone groups is 1. The van der Waals surface area contributed by atoms with Crippen molar-refractivity contribution in [3.63, 3.8) is 0 Å². The summed E-state index contributed by atoms with van der Waals surface area (Å²) in [5, 5.41) is 3.40. The minimum Gasteiger partial charge on any atom is -0.454 e. The van der Waals surface area contributed by atoms with Crippen LogP contribution in [0.1, 0.15) is 11.1 Å². The molecule has 0 saturated carbocycles. The normalized spacial score (nSPS) is 13.5. The smallest absolute Gasteiger partial charge is 0.422 e. The summed E-state index contributed by atoms with van der Waals surface area (Å²) in [4.78, 5) is 0. The second-order valence-corrected chi connectivity index (χ2v) is 5.96. The van der Waals surface area contributed by atoms with Crippen LogP contribution >= 0.6 is 15.9 Å². The Bertz CT molecular complexity index is 918. The van der Waals surface area contributed by atoms with Crippen molar-refractivity contribution in [1.82, 2.24) is 0 Å². The van der Waals surface area contributed by atoms with Crippen LogP contribution < -0.4 is 14.9 Å². The third-order valence-corrected chi connectivity index (χ3v) is 4.11. The molecule has 0 unspecified atom stereocenters. The first kappa shape index (κ1) is 19.3. The molecule has 0 radical (unpaired) electrons. The number of fused-ring (bicyclic) bond motifs is 1. The first-order chi connectivity index (χ1) is 12.6. The molecule has 0 aliphatic carbocycles. The summed E-state index contributed by atoms with van der Waals surface area (Å²) >= 11 is 3.17. The standard InChI is InChI=1S/C15H6BrF7N2O2/c16-6-2-8-7(26-4-27-8)1-5(6)3-24-25-14-12(19)10(17)9(15(21,22)23)11(18)13(14)20/h1-3,25H,4H2. The Morgan fingerprint density at radius 3 is 2.07 bits per heavy atom. The lowest BCUT2D eigenvalue weighted by molar-refractivity contribution is -0.143. The zero-order chi connectivity index (χ0) is 19.9. The van der Waals surface area contributed by atoms with Gasteiger partial charge in [-0.1, -0.05) is 0 Å². The molecule has 0 amide bonds. The van der Waals surface area contributed by atoms with E-state index in [0.29, 0.717) is 21.5 Å². The van der Waals surface area contributed by atoms with Crippen LogP contribution in [0.25, 0.3) is 0 Å². The molecule has 2 aromatic carbocycles. The molecule has 0 atom stereocenters. The van der Waals surface area contributed by atoms with Crippen LogP contribution in [-0.2, 0) is 6.18 Å². The van der Waals surface area contributed by atoms with Gasteiger partial charge < -0.3 is 9.47 Å². The Labute approximate surface area is 154 Å². The summed E-state index contributed by atoms with van der Waals surface area (Å²) in [7, 11) is 0. The largest absolute Gasteiger partial charge is 0.454 e. The van der Waals surface area contributed by atoms with Gasteiger partial charge in [-0.2, -0.15) is 18.3 Å². The average Bonchev–Trinajstić information content (AvgIpc) is 3.02. The van der Waals surface area contributed by atoms with Gasteiger partial charge in [0.25, 0.3) is 0 Å². The topological polar surface area (TPSA) is 42.9 Å². The molecular formula is C15H6BrF7N2O2. The van der Waals surface area contributed by atoms with Gasteiger partial charge in [-0.25, -0.2) is 17.6 Å². The highest BCUT2D eigenvalue weighted by Gasteiger charge is 2.42. The fourth-order valence-electron chi connectivity index (χ4n) is 2.18. The number of rotatable bonds is 3. The maximum absolute atomic E-state index is 13.8. The maximum atomic E-state index is 13.8. The van der Waals surface area contributed by atoms with E-state index < -0.39 is 40.7 Å². The van der Waals surface area contributed by atoms with E-state index in [0.717, 1.165) is 6.21 Å². The minimum absolute atomic E-state index is 0.0127. The van der Waals surface area contributed by atoms with Crippen molar-refractivity contribution < 1.29 is 40.2 Å². The summed E-state index contributed by atoms with van der Waals surface area (Å²) in [5.41, 5.74) is -2.19. The molecule has 2 aromatic rings. The summed E-state index contributed by atoms with van der Waals surface area (Å²) < 4.78 is 103. The Balaban J connectivity index is 1.92. The average molecular weight is 459 g/mol. The molecule has 0 saturated heterocycles. The van der Waals surface area contributed by atoms with Crippen LogP contribution in [0.5, 0.6) is 11.5 Å². The van der Waals surface area contributed by atoms with E-state index in [1.165, 1.54) is 12.1 Å². The van der Waals surface area contributed by atoms with Crippen LogP contribution in [0.4, 0.5) is 36.4 Å². The zero-order valence-electron chi connectivity index (χ0n) is 12.7. The van der Waals surface area contributed by atoms with Gasteiger partial charge in [-0.05, 0) is 28.1 Å². The van der Waals surface area contributed by atoms with Crippen molar-refractivity contribution in [2.75, 3.05) is 12.2 Å². The predicted octanol–water partition coefficient (Wildman–Crippen LogP) is 5.20. The van der Waals surface area contributed by atoms with E-state index in [2.05, 4.69) is 21.0 Å². The van der Waals surface area contributed by atoms with Crippen LogP contribution in [0.3, 0.4) is 0 Å². The molecule has 3 rings (SSSR count). The first-order valence-electron chi connectivity index (χ1n) is 6.92. The predicted molar refractivity (Wildman–Crippen MR) is 82.8 cm³/mol. The SMILES string of the molecule is Fc1c(F)c(C(F)(F)F)c(F)c(F)c1NN=Cc1cc2c(cc1Br)OCO2. The highest BCUT2D eigenvalue weighted by Crippen LogP contribution is 2.39. The van der Waals surface area contributed by atoms with Crippen molar-refractivity contribution in [2.45, 2.75) is 6.18 Å². The number of ether oxygens (including phenoxy) is 2. The quantitative estimate of drug-likeness (QED) is 0.297. The molecule has 1 N–H and O–H groups in total. The Kier molecular flexibility index (Phi) is 4.93. The van der Waals surface area contributed by atoms with E-state index in [9.17, 15) is 30.7 Å². The number of nitrogens with one attached hydrogen (secondary N) is 1. The van der Waals surface area contributed by atoms with E-state index >= 15 is 0 Å². The molecule has 4 nitrogen and oxygen atoms in total. The van der Waals surface area contributed by atoms with Crippen molar-refractivity contribution in [2.24, 2.45) is 5.10 Å². The van der Waals surface area contributed by atoms with Gasteiger partial charge in [-0.15, -0.1) is 0 Å². The Morgan fingerprint density at radius 2 is 1.52 bits per heavy atom. The van der Waals surface area contributed by atoms with Gasteiger partial charge in [0, 0.05) is 10.0 Å². The lowest BCUT2D eigenvalue weighted by Gasteiger charge is -2.13. The first-order valence-corrected chi connectivity index (χ1v) is 7.72. The molecule has 0 aromatic heterocycles. The van der Waals surface area contributed by atoms with Crippen molar-refractivity contribution in [3.05, 3.63) is 51.0 Å². The molecule has 144 valence electrons. The number of alkyl halides is 3. The zero-order valence-corrected chi connectivity index (χ0v) is 14.3. The molecule has 27 heavy (non-hydrogen) atoms. The Hall–Kier alpha value is -2.50. The Morgan fingerprint density at radius 1 is 0.963 bits per heavy atom. The third-order valence-electron chi connectivity index (χ3n) is 3.42. The summed E-state index contributed by atoms with van der Waals surface area (Å²) in [6.45, 7) is -0.0127. The lowest BCUT2D eigenvalue weighted by atomic mass is 10.1. The fraction of sp³-hybridized carbons (Fsp3) is 0.133. The van der Waals surface area contributed by atoms with Gasteiger partial charge in [0.15, 0.2) is 34.8 Å². The number of hydrogen-bond acceptors (Lipinski definition) is 4. The van der Waals surface area contributed by atoms with Gasteiger partial charge in [0.2, 0.25) is 6.79 Å². The number of halogens is 8. The van der Waals surface area contributed by atoms with E-state index in [-0.39, 0.29) is 6.79 Å². The van der Waals surface area contributed by atoms with Gasteiger partial charge >= 0.3 is 6.18 Å². The molecule has 0 spiro atoms. The number of benzene rings is 2. The van der Waals surface area contributed by atoms with Crippen molar-refractivity contribution in [3.8, 4) is 11.5 Å². The highest BCUT2D eigenvalue weighted by molar-refractivity contribution is 9.10. The maximum Gasteiger partial charge on any atom is 0.422 e. The second kappa shape index (κ2) is 6.91. The monoisotopic (exact) mass is 458 g/mol. The fourth-order valence-corrected chi connectivity index (χ4v) is 2.60. The number of anilines is 1. The number of hydrogen-bond donors (Lipinski definition) is 1. The molecule has 12 heteroatoms. The van der Waals surface area contributed by atoms with Gasteiger partial charge in [0.05, 0.1) is 6.21 Å². The summed E-state index contributed by atoms with van der Waals surface area (Å²) in [6.07, 6.45) is -4.62. The highest BCUT2D eigenvalue weighted by atomic mass is 79.9. The molecular weight excluding hydrogens is 453 g/mol. The van der Waals surface area contributed by atoms with Crippen LogP contribution in [0.2, 0.25) is 0 Å². The minimum atomic E-state index is -5.62.